The zero-order valence-electron chi connectivity index (χ0n) is 24.1. The van der Waals surface area contributed by atoms with Gasteiger partial charge < -0.3 is 24.8 Å². The van der Waals surface area contributed by atoms with Crippen molar-refractivity contribution in [1.82, 2.24) is 0 Å². The molecule has 0 fully saturated rings. The Bertz CT molecular complexity index is 1520. The zero-order chi connectivity index (χ0) is 27.2. The normalized spacial score (nSPS) is 10.0. The Labute approximate surface area is 264 Å². The SMILES string of the molecule is C[Si](C)=[Ti+2].Cc1ccc(-c2cc3ccccc3[cH-]2)cc1C.Cc1ccc(-c2cc3ccccc3[cH-]2)cc1C.[Cl-].[Cl-]. The fourth-order valence-electron chi connectivity index (χ4n) is 4.48. The van der Waals surface area contributed by atoms with Gasteiger partial charge in [-0.05, 0) is 38.8 Å². The zero-order valence-corrected chi connectivity index (χ0v) is 28.2. The van der Waals surface area contributed by atoms with Crippen LogP contribution in [0.5, 0.6) is 0 Å². The van der Waals surface area contributed by atoms with Crippen LogP contribution in [0.1, 0.15) is 22.3 Å². The summed E-state index contributed by atoms with van der Waals surface area (Å²) in [6.45, 7) is 13.2. The van der Waals surface area contributed by atoms with Crippen molar-refractivity contribution in [2.45, 2.75) is 40.8 Å². The van der Waals surface area contributed by atoms with E-state index in [9.17, 15) is 0 Å². The van der Waals surface area contributed by atoms with E-state index in [1.807, 2.05) is 0 Å². The summed E-state index contributed by atoms with van der Waals surface area (Å²) in [5, 5.41) is 5.28. The molecule has 40 heavy (non-hydrogen) atoms. The number of aryl methyl sites for hydroxylation is 4. The van der Waals surface area contributed by atoms with Gasteiger partial charge in [0, 0.05) is 0 Å². The molecule has 0 nitrogen and oxygen atoms in total. The molecule has 0 unspecified atom stereocenters. The molecule has 0 N–H and O–H groups in total. The number of hydrogen-bond donors (Lipinski definition) is 0. The van der Waals surface area contributed by atoms with Gasteiger partial charge in [-0.1, -0.05) is 95.1 Å². The van der Waals surface area contributed by atoms with E-state index in [1.54, 1.807) is 0 Å². The molecule has 0 aliphatic carbocycles. The summed E-state index contributed by atoms with van der Waals surface area (Å²) in [4.78, 5) is 0. The van der Waals surface area contributed by atoms with Crippen molar-refractivity contribution in [2.24, 2.45) is 0 Å². The van der Waals surface area contributed by atoms with E-state index < -0.39 is 0 Å². The second-order valence-corrected chi connectivity index (χ2v) is 17.0. The third-order valence-corrected chi connectivity index (χ3v) is 6.92. The van der Waals surface area contributed by atoms with Gasteiger partial charge in [0.1, 0.15) is 0 Å². The van der Waals surface area contributed by atoms with Crippen LogP contribution in [0.2, 0.25) is 13.1 Å². The van der Waals surface area contributed by atoms with Crippen LogP contribution in [-0.4, -0.2) is 6.19 Å². The first kappa shape index (κ1) is 33.8. The van der Waals surface area contributed by atoms with Gasteiger partial charge in [-0.3, -0.25) is 0 Å². The maximum absolute atomic E-state index is 2.27. The van der Waals surface area contributed by atoms with Gasteiger partial charge in [-0.2, -0.15) is 0 Å². The molecule has 6 rings (SSSR count). The molecular formula is C36H36Cl2SiTi-2. The molecule has 0 saturated carbocycles. The van der Waals surface area contributed by atoms with Crippen molar-refractivity contribution in [2.75, 3.05) is 0 Å². The maximum atomic E-state index is 2.27. The molecule has 204 valence electrons. The van der Waals surface area contributed by atoms with Gasteiger partial charge in [-0.15, -0.1) is 69.1 Å². The minimum absolute atomic E-state index is 0. The first-order valence-corrected chi connectivity index (χ1v) is 18.0. The quantitative estimate of drug-likeness (QED) is 0.199. The summed E-state index contributed by atoms with van der Waals surface area (Å²) in [5.74, 6) is 0. The van der Waals surface area contributed by atoms with E-state index in [2.05, 4.69) is 169 Å². The molecule has 0 radical (unpaired) electrons. The smallest absolute Gasteiger partial charge is 0.0396 e. The van der Waals surface area contributed by atoms with Crippen LogP contribution in [0.15, 0.2) is 109 Å². The Hall–Kier alpha value is -2.39. The summed E-state index contributed by atoms with van der Waals surface area (Å²) in [7, 11) is 0. The molecule has 0 amide bonds. The Balaban J connectivity index is 0.000000237. The average molecular weight is 616 g/mol. The molecule has 0 spiro atoms. The third-order valence-electron chi connectivity index (χ3n) is 6.92. The monoisotopic (exact) mass is 614 g/mol. The third kappa shape index (κ3) is 8.80. The maximum Gasteiger partial charge on any atom is -0.0396 e. The Morgan fingerprint density at radius 2 is 0.850 bits per heavy atom. The molecule has 6 aromatic carbocycles. The van der Waals surface area contributed by atoms with Crippen LogP contribution >= 0.6 is 0 Å². The molecule has 0 bridgehead atoms. The van der Waals surface area contributed by atoms with E-state index in [0.717, 1.165) is 0 Å². The Morgan fingerprint density at radius 1 is 0.500 bits per heavy atom. The fraction of sp³-hybridized carbons (Fsp3) is 0.167. The predicted octanol–water partition coefficient (Wildman–Crippen LogP) is 4.48. The van der Waals surface area contributed by atoms with Crippen molar-refractivity contribution < 1.29 is 44.0 Å². The van der Waals surface area contributed by atoms with Gasteiger partial charge in [0.2, 0.25) is 0 Å². The predicted molar refractivity (Wildman–Crippen MR) is 166 cm³/mol. The minimum Gasteiger partial charge on any atom is -1.00 e. The summed E-state index contributed by atoms with van der Waals surface area (Å²) < 4.78 is 0. The Morgan fingerprint density at radius 3 is 1.18 bits per heavy atom. The summed E-state index contributed by atoms with van der Waals surface area (Å²) in [6.07, 6.45) is 0.120. The van der Waals surface area contributed by atoms with Crippen molar-refractivity contribution in [3.8, 4) is 22.3 Å². The van der Waals surface area contributed by atoms with Gasteiger partial charge >= 0.3 is 38.5 Å². The van der Waals surface area contributed by atoms with Crippen molar-refractivity contribution in [3.63, 3.8) is 0 Å². The molecule has 0 aromatic heterocycles. The number of halogens is 2. The van der Waals surface area contributed by atoms with E-state index in [4.69, 9.17) is 0 Å². The molecule has 0 heterocycles. The second-order valence-electron chi connectivity index (χ2n) is 10.3. The summed E-state index contributed by atoms with van der Waals surface area (Å²) >= 11 is 2.27. The number of benzene rings is 4. The molecule has 0 saturated heterocycles. The van der Waals surface area contributed by atoms with Crippen LogP contribution in [0.25, 0.3) is 43.8 Å². The first-order chi connectivity index (χ1) is 18.2. The molecule has 0 aliphatic heterocycles. The Kier molecular flexibility index (Phi) is 13.2. The topological polar surface area (TPSA) is 0 Å². The van der Waals surface area contributed by atoms with Gasteiger partial charge in [0.15, 0.2) is 0 Å². The molecule has 0 aliphatic rings. The standard InChI is InChI=1S/2C17H15.C2H6Si.2ClH.Ti/c2*1-12-7-8-16(9-13(12)2)17-10-14-5-3-4-6-15(14)11-17;1-3-2;;;/h2*3-11H,1-2H3;1-2H3;2*1H;/q2*-1;;;;+2/p-2. The number of rotatable bonds is 2. The number of fused-ring (bicyclic) bond motifs is 2. The minimum atomic E-state index is 0. The molecule has 0 atom stereocenters. The second kappa shape index (κ2) is 15.6. The van der Waals surface area contributed by atoms with Crippen LogP contribution in [-0.2, 0) is 19.2 Å². The van der Waals surface area contributed by atoms with Gasteiger partial charge in [-0.25, -0.2) is 0 Å². The van der Waals surface area contributed by atoms with Gasteiger partial charge in [0.05, 0.1) is 0 Å². The number of hydrogen-bond acceptors (Lipinski definition) is 0. The van der Waals surface area contributed by atoms with Crippen LogP contribution in [0.4, 0.5) is 0 Å². The van der Waals surface area contributed by atoms with Gasteiger partial charge in [0.25, 0.3) is 0 Å². The largest absolute Gasteiger partial charge is 1.00 e. The summed E-state index contributed by atoms with van der Waals surface area (Å²) in [6, 6.07) is 39.4. The molecular weight excluding hydrogens is 579 g/mol. The van der Waals surface area contributed by atoms with E-state index in [0.29, 0.717) is 0 Å². The summed E-state index contributed by atoms with van der Waals surface area (Å²) in [5.41, 5.74) is 10.7. The van der Waals surface area contributed by atoms with Crippen LogP contribution in [0.3, 0.4) is 0 Å². The van der Waals surface area contributed by atoms with E-state index >= 15 is 0 Å². The first-order valence-electron chi connectivity index (χ1n) is 13.2. The van der Waals surface area contributed by atoms with Crippen LogP contribution < -0.4 is 24.8 Å². The van der Waals surface area contributed by atoms with E-state index in [-0.39, 0.29) is 31.0 Å². The van der Waals surface area contributed by atoms with E-state index in [1.165, 1.54) is 66.1 Å². The molecule has 4 heteroatoms. The van der Waals surface area contributed by atoms with Crippen molar-refractivity contribution in [3.05, 3.63) is 131 Å². The van der Waals surface area contributed by atoms with Crippen LogP contribution in [0, 0.1) is 27.7 Å². The van der Waals surface area contributed by atoms with Crippen molar-refractivity contribution >= 4 is 27.7 Å². The van der Waals surface area contributed by atoms with Crippen molar-refractivity contribution in [1.29, 1.82) is 0 Å². The fourth-order valence-corrected chi connectivity index (χ4v) is 4.48. The average Bonchev–Trinajstić information content (AvgIpc) is 3.52. The molecule has 6 aromatic rings.